The molecule has 0 aliphatic carbocycles. The first-order valence-corrected chi connectivity index (χ1v) is 7.76. The van der Waals surface area contributed by atoms with Gasteiger partial charge in [0.2, 0.25) is 0 Å². The van der Waals surface area contributed by atoms with Crippen molar-refractivity contribution in [2.75, 3.05) is 0 Å². The van der Waals surface area contributed by atoms with Gasteiger partial charge in [0.25, 0.3) is 0 Å². The van der Waals surface area contributed by atoms with Gasteiger partial charge in [0.05, 0.1) is 4.92 Å². The van der Waals surface area contributed by atoms with E-state index in [4.69, 9.17) is 34.8 Å². The molecule has 1 rings (SSSR count). The van der Waals surface area contributed by atoms with Crippen LogP contribution in [0.2, 0.25) is 0 Å². The van der Waals surface area contributed by atoms with Gasteiger partial charge < -0.3 is 0 Å². The van der Waals surface area contributed by atoms with E-state index in [9.17, 15) is 10.1 Å². The van der Waals surface area contributed by atoms with E-state index in [0.29, 0.717) is 5.75 Å². The molecule has 19 heavy (non-hydrogen) atoms. The molecule has 0 aromatic heterocycles. The lowest BCUT2D eigenvalue weighted by atomic mass is 10.2. The van der Waals surface area contributed by atoms with Gasteiger partial charge >= 0.3 is 5.70 Å². The summed E-state index contributed by atoms with van der Waals surface area (Å²) in [4.78, 5) is 10.3. The summed E-state index contributed by atoms with van der Waals surface area (Å²) in [6, 6.07) is 9.53. The van der Waals surface area contributed by atoms with E-state index in [0.717, 1.165) is 5.56 Å². The smallest absolute Gasteiger partial charge is 0.258 e. The second-order valence-electron chi connectivity index (χ2n) is 3.23. The molecule has 8 heteroatoms. The molecule has 0 spiro atoms. The Kier molecular flexibility index (Phi) is 7.25. The summed E-state index contributed by atoms with van der Waals surface area (Å²) in [5, 5.41) is 10.7. The van der Waals surface area contributed by atoms with Gasteiger partial charge in [-0.25, -0.2) is 0 Å². The lowest BCUT2D eigenvalue weighted by Gasteiger charge is -2.03. The van der Waals surface area contributed by atoms with Crippen LogP contribution in [0.5, 0.6) is 0 Å². The van der Waals surface area contributed by atoms with Crippen LogP contribution in [0.4, 0.5) is 0 Å². The fraction of sp³-hybridized carbons (Fsp3) is 0.0909. The highest BCUT2D eigenvalue weighted by Gasteiger charge is 2.24. The summed E-state index contributed by atoms with van der Waals surface area (Å²) in [5.41, 5.74) is 0.687. The van der Waals surface area contributed by atoms with Gasteiger partial charge in [-0.05, 0) is 21.5 Å². The van der Waals surface area contributed by atoms with Gasteiger partial charge in [-0.1, -0.05) is 65.1 Å². The predicted molar refractivity (Wildman–Crippen MR) is 85.3 cm³/mol. The minimum absolute atomic E-state index is 0.269. The van der Waals surface area contributed by atoms with Crippen molar-refractivity contribution in [1.82, 2.24) is 0 Å². The highest BCUT2D eigenvalue weighted by atomic mass is 79.9. The zero-order valence-corrected chi connectivity index (χ0v) is 13.9. The summed E-state index contributed by atoms with van der Waals surface area (Å²) in [5.74, 6) is 0.558. The third kappa shape index (κ3) is 5.36. The molecule has 0 atom stereocenters. The van der Waals surface area contributed by atoms with E-state index in [1.807, 2.05) is 30.3 Å². The molecule has 0 N–H and O–H groups in total. The molecule has 1 aromatic carbocycles. The lowest BCUT2D eigenvalue weighted by Crippen LogP contribution is -2.01. The lowest BCUT2D eigenvalue weighted by molar-refractivity contribution is -0.419. The molecule has 0 amide bonds. The van der Waals surface area contributed by atoms with Crippen LogP contribution in [-0.2, 0) is 5.75 Å². The third-order valence-electron chi connectivity index (χ3n) is 1.95. The highest BCUT2D eigenvalue weighted by molar-refractivity contribution is 9.14. The second-order valence-corrected chi connectivity index (χ2v) is 6.86. The van der Waals surface area contributed by atoms with Gasteiger partial charge in [-0.2, -0.15) is 0 Å². The van der Waals surface area contributed by atoms with Gasteiger partial charge in [0.15, 0.2) is 5.03 Å². The SMILES string of the molecule is O=[N+]([O-])/C(C(Cl)=C(Cl)Cl)=C(/Br)SCc1ccccc1. The number of rotatable bonds is 5. The molecule has 0 aliphatic heterocycles. The summed E-state index contributed by atoms with van der Waals surface area (Å²) in [6.45, 7) is 0. The standard InChI is InChI=1S/C11H7BrCl3NO2S/c12-10(9(16(17)18)8(13)11(14)15)19-6-7-4-2-1-3-5-7/h1-5H,6H2/b10-9-. The van der Waals surface area contributed by atoms with Crippen molar-refractivity contribution in [1.29, 1.82) is 0 Å². The zero-order valence-electron chi connectivity index (χ0n) is 9.28. The summed E-state index contributed by atoms with van der Waals surface area (Å²) < 4.78 is -0.0734. The number of hydrogen-bond donors (Lipinski definition) is 0. The van der Waals surface area contributed by atoms with Crippen LogP contribution in [0.15, 0.2) is 49.4 Å². The fourth-order valence-electron chi connectivity index (χ4n) is 1.12. The zero-order chi connectivity index (χ0) is 14.4. The maximum Gasteiger partial charge on any atom is 0.310 e. The molecule has 0 aliphatic rings. The second kappa shape index (κ2) is 8.17. The number of nitrogens with zero attached hydrogens (tertiary/aromatic N) is 1. The first kappa shape index (κ1) is 16.9. The number of hydrogen-bond acceptors (Lipinski definition) is 3. The monoisotopic (exact) mass is 401 g/mol. The Labute approximate surface area is 137 Å². The van der Waals surface area contributed by atoms with Gasteiger partial charge in [0.1, 0.15) is 8.31 Å². The first-order chi connectivity index (χ1) is 8.93. The van der Waals surface area contributed by atoms with E-state index < -0.39 is 4.92 Å². The average Bonchev–Trinajstić information content (AvgIpc) is 2.37. The molecule has 1 aromatic rings. The molecule has 0 bridgehead atoms. The Morgan fingerprint density at radius 1 is 1.26 bits per heavy atom. The Morgan fingerprint density at radius 3 is 2.32 bits per heavy atom. The maximum atomic E-state index is 11.0. The van der Waals surface area contributed by atoms with Crippen molar-refractivity contribution in [3.05, 3.63) is 65.0 Å². The Hall–Kier alpha value is -0.200. The molecule has 0 unspecified atom stereocenters. The minimum atomic E-state index is -0.630. The van der Waals surface area contributed by atoms with Gasteiger partial charge in [-0.3, -0.25) is 10.1 Å². The van der Waals surface area contributed by atoms with E-state index in [2.05, 4.69) is 15.9 Å². The Morgan fingerprint density at radius 2 is 1.84 bits per heavy atom. The van der Waals surface area contributed by atoms with Crippen LogP contribution in [0.1, 0.15) is 5.56 Å². The highest BCUT2D eigenvalue weighted by Crippen LogP contribution is 2.36. The summed E-state index contributed by atoms with van der Waals surface area (Å²) in [6.07, 6.45) is 0. The summed E-state index contributed by atoms with van der Waals surface area (Å²) in [7, 11) is 0. The molecule has 3 nitrogen and oxygen atoms in total. The predicted octanol–water partition coefficient (Wildman–Crippen LogP) is 5.65. The normalized spacial score (nSPS) is 11.8. The first-order valence-electron chi connectivity index (χ1n) is 4.85. The number of allylic oxidation sites excluding steroid dienone is 1. The van der Waals surface area contributed by atoms with E-state index in [1.54, 1.807) is 0 Å². The largest absolute Gasteiger partial charge is 0.310 e. The van der Waals surface area contributed by atoms with Crippen LogP contribution in [-0.4, -0.2) is 4.92 Å². The number of halogens is 4. The van der Waals surface area contributed by atoms with Gasteiger partial charge in [-0.15, -0.1) is 11.8 Å². The number of thioether (sulfide) groups is 1. The van der Waals surface area contributed by atoms with Crippen LogP contribution in [0, 0.1) is 10.1 Å². The van der Waals surface area contributed by atoms with Crippen molar-refractivity contribution in [3.8, 4) is 0 Å². The molecule has 102 valence electrons. The van der Waals surface area contributed by atoms with Crippen LogP contribution in [0.3, 0.4) is 0 Å². The molecular formula is C11H7BrCl3NO2S. The average molecular weight is 404 g/mol. The third-order valence-corrected chi connectivity index (χ3v) is 4.88. The molecule has 0 saturated heterocycles. The number of nitro groups is 1. The molecular weight excluding hydrogens is 396 g/mol. The topological polar surface area (TPSA) is 43.1 Å². The van der Waals surface area contributed by atoms with E-state index in [-0.39, 0.29) is 19.0 Å². The minimum Gasteiger partial charge on any atom is -0.258 e. The van der Waals surface area contributed by atoms with Crippen LogP contribution >= 0.6 is 62.5 Å². The van der Waals surface area contributed by atoms with Crippen LogP contribution < -0.4 is 0 Å². The van der Waals surface area contributed by atoms with E-state index >= 15 is 0 Å². The molecule has 0 saturated carbocycles. The van der Waals surface area contributed by atoms with Crippen molar-refractivity contribution in [2.45, 2.75) is 5.75 Å². The van der Waals surface area contributed by atoms with Crippen molar-refractivity contribution in [3.63, 3.8) is 0 Å². The Bertz CT molecular complexity index is 530. The van der Waals surface area contributed by atoms with Crippen molar-refractivity contribution < 1.29 is 4.92 Å². The van der Waals surface area contributed by atoms with Crippen LogP contribution in [0.25, 0.3) is 0 Å². The quantitative estimate of drug-likeness (QED) is 0.363. The molecule has 0 radical (unpaired) electrons. The summed E-state index contributed by atoms with van der Waals surface area (Å²) >= 11 is 21.0. The maximum absolute atomic E-state index is 11.0. The molecule has 0 heterocycles. The molecule has 0 fully saturated rings. The van der Waals surface area contributed by atoms with Crippen molar-refractivity contribution in [2.24, 2.45) is 0 Å². The van der Waals surface area contributed by atoms with Gasteiger partial charge in [0, 0.05) is 5.75 Å². The Balaban J connectivity index is 2.93. The van der Waals surface area contributed by atoms with E-state index in [1.165, 1.54) is 11.8 Å². The van der Waals surface area contributed by atoms with Crippen molar-refractivity contribution >= 4 is 62.5 Å². The number of benzene rings is 1. The fourth-order valence-corrected chi connectivity index (χ4v) is 3.12.